The summed E-state index contributed by atoms with van der Waals surface area (Å²) in [4.78, 5) is 0. The van der Waals surface area contributed by atoms with Crippen LogP contribution in [0.3, 0.4) is 0 Å². The van der Waals surface area contributed by atoms with Crippen molar-refractivity contribution in [2.75, 3.05) is 13.2 Å². The molecule has 1 rings (SSSR count). The van der Waals surface area contributed by atoms with Gasteiger partial charge < -0.3 is 35.4 Å². The van der Waals surface area contributed by atoms with Gasteiger partial charge in [-0.3, -0.25) is 4.18 Å². The van der Waals surface area contributed by atoms with Gasteiger partial charge in [0.1, 0.15) is 24.4 Å². The highest BCUT2D eigenvalue weighted by atomic mass is 32.2. The van der Waals surface area contributed by atoms with E-state index in [0.29, 0.717) is 13.0 Å². The molecule has 1 heterocycles. The van der Waals surface area contributed by atoms with Gasteiger partial charge in [-0.25, -0.2) is 8.93 Å². The van der Waals surface area contributed by atoms with Crippen molar-refractivity contribution >= 4 is 11.3 Å². The molecule has 7 N–H and O–H groups in total. The van der Waals surface area contributed by atoms with Gasteiger partial charge >= 0.3 is 0 Å². The topological polar surface area (TPSA) is 169 Å². The standard InChI is InChI=1S/C49H99NO9S/c1-3-5-7-9-11-13-15-17-18-19-20-21-22-23-24-25-26-28-30-32-34-36-40-58-60(57)50-42(38-39-44-47(54)49(56)48(55)45(41-51)59-44)46(53)43(52)37-35-33-31-29-27-16-14-12-10-8-6-4-2/h42-56H,3-41H2,1-2H3/t42?,43?,44-,45?,46?,47?,48-,49?,60?/m0/s1. The summed E-state index contributed by atoms with van der Waals surface area (Å²) in [6, 6.07) is -0.838. The van der Waals surface area contributed by atoms with Crippen LogP contribution < -0.4 is 4.72 Å². The zero-order valence-corrected chi connectivity index (χ0v) is 39.8. The van der Waals surface area contributed by atoms with Crippen LogP contribution in [0.2, 0.25) is 0 Å². The van der Waals surface area contributed by atoms with E-state index in [1.54, 1.807) is 0 Å². The molecule has 1 fully saturated rings. The summed E-state index contributed by atoms with van der Waals surface area (Å²) in [5, 5.41) is 62.8. The first-order valence-corrected chi connectivity index (χ1v) is 26.8. The van der Waals surface area contributed by atoms with E-state index in [9.17, 15) is 34.8 Å². The van der Waals surface area contributed by atoms with E-state index in [0.717, 1.165) is 38.5 Å². The molecule has 0 aromatic carbocycles. The fourth-order valence-corrected chi connectivity index (χ4v) is 9.54. The van der Waals surface area contributed by atoms with Gasteiger partial charge in [-0.15, -0.1) is 0 Å². The van der Waals surface area contributed by atoms with Gasteiger partial charge in [-0.2, -0.15) is 0 Å². The molecule has 7 unspecified atom stereocenters. The Hall–Kier alpha value is -0.210. The lowest BCUT2D eigenvalue weighted by molar-refractivity contribution is -0.230. The Kier molecular flexibility index (Phi) is 40.0. The second kappa shape index (κ2) is 41.5. The Bertz CT molecular complexity index is 933. The van der Waals surface area contributed by atoms with Gasteiger partial charge in [0.25, 0.3) is 0 Å². The highest BCUT2D eigenvalue weighted by Gasteiger charge is 2.43. The summed E-state index contributed by atoms with van der Waals surface area (Å²) >= 11 is -1.91. The number of aliphatic hydroxyl groups excluding tert-OH is 6. The van der Waals surface area contributed by atoms with Crippen molar-refractivity contribution < 1.29 is 43.8 Å². The van der Waals surface area contributed by atoms with Crippen LogP contribution in [0.15, 0.2) is 0 Å². The summed E-state index contributed by atoms with van der Waals surface area (Å²) in [5.74, 6) is 0. The molecule has 1 aliphatic heterocycles. The number of aliphatic hydroxyl groups is 6. The predicted molar refractivity (Wildman–Crippen MR) is 249 cm³/mol. The van der Waals surface area contributed by atoms with E-state index >= 15 is 0 Å². The lowest BCUT2D eigenvalue weighted by Crippen LogP contribution is -2.58. The molecule has 10 nitrogen and oxygen atoms in total. The van der Waals surface area contributed by atoms with Crippen LogP contribution in [0.1, 0.15) is 251 Å². The van der Waals surface area contributed by atoms with Crippen molar-refractivity contribution in [2.24, 2.45) is 0 Å². The zero-order valence-electron chi connectivity index (χ0n) is 39.0. The van der Waals surface area contributed by atoms with Crippen LogP contribution in [0.4, 0.5) is 0 Å². The maximum absolute atomic E-state index is 13.0. The largest absolute Gasteiger partial charge is 0.394 e. The molecule has 0 bridgehead atoms. The lowest BCUT2D eigenvalue weighted by atomic mass is 9.90. The normalized spacial score (nSPS) is 21.6. The minimum atomic E-state index is -1.91. The summed E-state index contributed by atoms with van der Waals surface area (Å²) in [6.07, 6.45) is 35.5. The third-order valence-corrected chi connectivity index (χ3v) is 13.7. The Balaban J connectivity index is 2.26. The van der Waals surface area contributed by atoms with E-state index in [2.05, 4.69) is 18.6 Å². The summed E-state index contributed by atoms with van der Waals surface area (Å²) in [6.45, 7) is 4.31. The molecule has 0 aromatic heterocycles. The molecular weight excluding hydrogens is 779 g/mol. The van der Waals surface area contributed by atoms with Crippen molar-refractivity contribution in [3.63, 3.8) is 0 Å². The maximum atomic E-state index is 13.0. The van der Waals surface area contributed by atoms with Crippen molar-refractivity contribution in [3.8, 4) is 0 Å². The average Bonchev–Trinajstić information content (AvgIpc) is 3.25. The Morgan fingerprint density at radius 2 is 0.850 bits per heavy atom. The average molecular weight is 878 g/mol. The number of ether oxygens (including phenoxy) is 1. The van der Waals surface area contributed by atoms with Crippen LogP contribution in [0.25, 0.3) is 0 Å². The van der Waals surface area contributed by atoms with Crippen LogP contribution in [-0.4, -0.2) is 96.8 Å². The third-order valence-electron chi connectivity index (χ3n) is 12.8. The van der Waals surface area contributed by atoms with Gasteiger partial charge in [0, 0.05) is 0 Å². The van der Waals surface area contributed by atoms with Gasteiger partial charge in [0.15, 0.2) is 0 Å². The van der Waals surface area contributed by atoms with Gasteiger partial charge in [-0.1, -0.05) is 226 Å². The van der Waals surface area contributed by atoms with E-state index in [4.69, 9.17) is 8.92 Å². The third kappa shape index (κ3) is 30.8. The first-order valence-electron chi connectivity index (χ1n) is 25.7. The Morgan fingerprint density at radius 3 is 1.23 bits per heavy atom. The van der Waals surface area contributed by atoms with Crippen LogP contribution >= 0.6 is 0 Å². The van der Waals surface area contributed by atoms with Crippen molar-refractivity contribution in [1.29, 1.82) is 0 Å². The molecule has 0 radical (unpaired) electrons. The summed E-state index contributed by atoms with van der Waals surface area (Å²) in [5.41, 5.74) is 0. The van der Waals surface area contributed by atoms with Crippen LogP contribution in [0.5, 0.6) is 0 Å². The highest BCUT2D eigenvalue weighted by Crippen LogP contribution is 2.26. The monoisotopic (exact) mass is 878 g/mol. The van der Waals surface area contributed by atoms with Crippen LogP contribution in [0, 0.1) is 0 Å². The molecule has 0 aromatic rings. The zero-order chi connectivity index (χ0) is 43.9. The maximum Gasteiger partial charge on any atom is 0.234 e. The van der Waals surface area contributed by atoms with E-state index in [1.807, 2.05) is 0 Å². The van der Waals surface area contributed by atoms with E-state index in [1.165, 1.54) is 180 Å². The molecule has 0 aliphatic carbocycles. The minimum Gasteiger partial charge on any atom is -0.394 e. The van der Waals surface area contributed by atoms with E-state index in [-0.39, 0.29) is 12.8 Å². The van der Waals surface area contributed by atoms with Gasteiger partial charge in [0.05, 0.1) is 37.6 Å². The Labute approximate surface area is 372 Å². The molecule has 0 amide bonds. The fraction of sp³-hybridized carbons (Fsp3) is 1.00. The molecule has 60 heavy (non-hydrogen) atoms. The van der Waals surface area contributed by atoms with Gasteiger partial charge in [0.2, 0.25) is 11.3 Å². The SMILES string of the molecule is CCCCCCCCCCCCCCCCCCCCCCCCOS(=O)NC(CC[C@@H]1OC(CO)[C@H](O)C(O)C1O)C(O)C(O)CCCCCCCCCCCCCC. The second-order valence-electron chi connectivity index (χ2n) is 18.4. The highest BCUT2D eigenvalue weighted by molar-refractivity contribution is 7.78. The molecular formula is C49H99NO9S. The number of hydrogen-bond donors (Lipinski definition) is 7. The first kappa shape index (κ1) is 57.8. The molecule has 1 saturated heterocycles. The summed E-state index contributed by atoms with van der Waals surface area (Å²) in [7, 11) is 0. The lowest BCUT2D eigenvalue weighted by Gasteiger charge is -2.40. The van der Waals surface area contributed by atoms with Crippen LogP contribution in [-0.2, 0) is 20.2 Å². The van der Waals surface area contributed by atoms with Crippen molar-refractivity contribution in [1.82, 2.24) is 4.72 Å². The first-order chi connectivity index (χ1) is 29.3. The molecule has 1 aliphatic rings. The Morgan fingerprint density at radius 1 is 0.500 bits per heavy atom. The second-order valence-corrected chi connectivity index (χ2v) is 19.3. The molecule has 9 atom stereocenters. The van der Waals surface area contributed by atoms with Crippen molar-refractivity contribution in [3.05, 3.63) is 0 Å². The molecule has 11 heteroatoms. The number of hydrogen-bond acceptors (Lipinski definition) is 9. The number of rotatable bonds is 45. The minimum absolute atomic E-state index is 0.123. The molecule has 0 saturated carbocycles. The van der Waals surface area contributed by atoms with Gasteiger partial charge in [-0.05, 0) is 25.7 Å². The van der Waals surface area contributed by atoms with E-state index < -0.39 is 66.6 Å². The molecule has 360 valence electrons. The summed E-state index contributed by atoms with van der Waals surface area (Å²) < 4.78 is 27.1. The predicted octanol–water partition coefficient (Wildman–Crippen LogP) is 10.6. The molecule has 0 spiro atoms. The smallest absolute Gasteiger partial charge is 0.234 e. The fourth-order valence-electron chi connectivity index (χ4n) is 8.70. The number of unbranched alkanes of at least 4 members (excludes halogenated alkanes) is 32. The van der Waals surface area contributed by atoms with Crippen molar-refractivity contribution in [2.45, 2.75) is 300 Å². The number of nitrogens with one attached hydrogen (secondary N) is 1. The quantitative estimate of drug-likeness (QED) is 0.0294.